The fourth-order valence-electron chi connectivity index (χ4n) is 3.26. The normalized spacial score (nSPS) is 11.1. The van der Waals surface area contributed by atoms with Crippen molar-refractivity contribution in [2.75, 3.05) is 30.3 Å². The molecule has 0 aliphatic rings. The van der Waals surface area contributed by atoms with E-state index >= 15 is 0 Å². The van der Waals surface area contributed by atoms with Crippen molar-refractivity contribution >= 4 is 45.0 Å². The smallest absolute Gasteiger partial charge is 0.264 e. The third kappa shape index (κ3) is 6.91. The minimum Gasteiger partial charge on any atom is -0.496 e. The number of aryl methyl sites for hydroxylation is 1. The minimum atomic E-state index is -3.97. The predicted octanol–water partition coefficient (Wildman–Crippen LogP) is 5.15. The number of hydrogen-bond acceptors (Lipinski definition) is 5. The van der Waals surface area contributed by atoms with Crippen LogP contribution in [-0.4, -0.2) is 40.3 Å². The van der Waals surface area contributed by atoms with Gasteiger partial charge in [-0.05, 0) is 79.3 Å². The van der Waals surface area contributed by atoms with Crippen molar-refractivity contribution in [2.45, 2.75) is 23.1 Å². The maximum atomic E-state index is 13.5. The lowest BCUT2D eigenvalue weighted by Crippen LogP contribution is -2.41. The van der Waals surface area contributed by atoms with Crippen LogP contribution < -0.4 is 14.4 Å². The maximum Gasteiger partial charge on any atom is 0.264 e. The van der Waals surface area contributed by atoms with Crippen LogP contribution >= 0.6 is 23.4 Å². The summed E-state index contributed by atoms with van der Waals surface area (Å²) in [4.78, 5) is 13.9. The molecule has 0 radical (unpaired) electrons. The molecule has 9 heteroatoms. The molecule has 0 aliphatic carbocycles. The van der Waals surface area contributed by atoms with Crippen LogP contribution in [0, 0.1) is 6.92 Å². The first-order valence-corrected chi connectivity index (χ1v) is 13.5. The number of rotatable bonds is 11. The van der Waals surface area contributed by atoms with Gasteiger partial charge in [-0.3, -0.25) is 9.10 Å². The lowest BCUT2D eigenvalue weighted by molar-refractivity contribution is -0.119. The van der Waals surface area contributed by atoms with Crippen molar-refractivity contribution in [3.05, 3.63) is 83.4 Å². The number of para-hydroxylation sites is 1. The van der Waals surface area contributed by atoms with E-state index in [1.54, 1.807) is 61.2 Å². The van der Waals surface area contributed by atoms with E-state index in [1.165, 1.54) is 13.2 Å². The number of ether oxygens (including phenoxy) is 1. The Morgan fingerprint density at radius 3 is 2.41 bits per heavy atom. The van der Waals surface area contributed by atoms with Gasteiger partial charge in [-0.1, -0.05) is 29.8 Å². The van der Waals surface area contributed by atoms with Gasteiger partial charge >= 0.3 is 0 Å². The fourth-order valence-corrected chi connectivity index (χ4v) is 5.74. The predicted molar refractivity (Wildman–Crippen MR) is 139 cm³/mol. The van der Waals surface area contributed by atoms with E-state index in [9.17, 15) is 13.2 Å². The molecule has 0 atom stereocenters. The second-order valence-corrected chi connectivity index (χ2v) is 11.0. The number of amides is 1. The Labute approximate surface area is 210 Å². The maximum absolute atomic E-state index is 13.5. The summed E-state index contributed by atoms with van der Waals surface area (Å²) in [5.74, 6) is 1.04. The van der Waals surface area contributed by atoms with Gasteiger partial charge in [0.15, 0.2) is 0 Å². The summed E-state index contributed by atoms with van der Waals surface area (Å²) < 4.78 is 33.3. The molecule has 3 aromatic rings. The lowest BCUT2D eigenvalue weighted by atomic mass is 10.2. The number of halogens is 1. The first kappa shape index (κ1) is 25.9. The van der Waals surface area contributed by atoms with Gasteiger partial charge in [0.25, 0.3) is 10.0 Å². The van der Waals surface area contributed by atoms with Gasteiger partial charge in [0, 0.05) is 16.5 Å². The van der Waals surface area contributed by atoms with E-state index in [0.29, 0.717) is 28.6 Å². The van der Waals surface area contributed by atoms with Crippen LogP contribution in [0.1, 0.15) is 12.0 Å². The summed E-state index contributed by atoms with van der Waals surface area (Å²) in [5, 5.41) is 3.53. The zero-order valence-electron chi connectivity index (χ0n) is 19.0. The van der Waals surface area contributed by atoms with Crippen molar-refractivity contribution in [1.82, 2.24) is 5.32 Å². The Morgan fingerprint density at radius 2 is 1.76 bits per heavy atom. The summed E-state index contributed by atoms with van der Waals surface area (Å²) in [7, 11) is -2.44. The molecule has 0 aromatic heterocycles. The molecule has 6 nitrogen and oxygen atoms in total. The van der Waals surface area contributed by atoms with Crippen molar-refractivity contribution in [1.29, 1.82) is 0 Å². The monoisotopic (exact) mass is 518 g/mol. The van der Waals surface area contributed by atoms with Gasteiger partial charge in [0.05, 0.1) is 17.7 Å². The molecular formula is C25H27ClN2O4S2. The molecule has 1 N–H and O–H groups in total. The zero-order chi connectivity index (χ0) is 24.6. The Kier molecular flexibility index (Phi) is 9.27. The van der Waals surface area contributed by atoms with Crippen LogP contribution in [0.4, 0.5) is 5.69 Å². The van der Waals surface area contributed by atoms with Crippen LogP contribution in [0.15, 0.2) is 82.6 Å². The quantitative estimate of drug-likeness (QED) is 0.280. The number of sulfonamides is 1. The summed E-state index contributed by atoms with van der Waals surface area (Å²) in [6.45, 7) is 1.91. The SMILES string of the molecule is COc1ccc(S(=O)(=O)N(CC(=O)NCCCSc2ccc(Cl)cc2)c2ccccc2)cc1C. The molecule has 0 fully saturated rings. The Hall–Kier alpha value is -2.68. The molecule has 1 amide bonds. The van der Waals surface area contributed by atoms with Crippen LogP contribution in [0.25, 0.3) is 0 Å². The van der Waals surface area contributed by atoms with Crippen molar-refractivity contribution in [3.63, 3.8) is 0 Å². The van der Waals surface area contributed by atoms with Crippen LogP contribution in [-0.2, 0) is 14.8 Å². The third-order valence-corrected chi connectivity index (χ3v) is 8.13. The van der Waals surface area contributed by atoms with E-state index < -0.39 is 10.0 Å². The molecule has 0 bridgehead atoms. The topological polar surface area (TPSA) is 75.7 Å². The first-order valence-electron chi connectivity index (χ1n) is 10.7. The van der Waals surface area contributed by atoms with Crippen molar-refractivity contribution in [2.24, 2.45) is 0 Å². The van der Waals surface area contributed by atoms with E-state index in [4.69, 9.17) is 16.3 Å². The Morgan fingerprint density at radius 1 is 1.06 bits per heavy atom. The molecule has 0 aliphatic heterocycles. The highest BCUT2D eigenvalue weighted by molar-refractivity contribution is 7.99. The minimum absolute atomic E-state index is 0.0989. The van der Waals surface area contributed by atoms with Gasteiger partial charge in [-0.15, -0.1) is 11.8 Å². The summed E-state index contributed by atoms with van der Waals surface area (Å²) >= 11 is 7.57. The molecule has 0 saturated heterocycles. The largest absolute Gasteiger partial charge is 0.496 e. The third-order valence-electron chi connectivity index (χ3n) is 5.01. The average Bonchev–Trinajstić information content (AvgIpc) is 2.84. The molecule has 0 unspecified atom stereocenters. The highest BCUT2D eigenvalue weighted by Gasteiger charge is 2.27. The summed E-state index contributed by atoms with van der Waals surface area (Å²) in [5.41, 5.74) is 1.11. The van der Waals surface area contributed by atoms with Gasteiger partial charge in [0.1, 0.15) is 12.3 Å². The van der Waals surface area contributed by atoms with E-state index in [-0.39, 0.29) is 17.3 Å². The number of anilines is 1. The van der Waals surface area contributed by atoms with Gasteiger partial charge in [-0.25, -0.2) is 8.42 Å². The highest BCUT2D eigenvalue weighted by atomic mass is 35.5. The molecular weight excluding hydrogens is 492 g/mol. The zero-order valence-corrected chi connectivity index (χ0v) is 21.4. The Bertz CT molecular complexity index is 1200. The van der Waals surface area contributed by atoms with Gasteiger partial charge in [0.2, 0.25) is 5.91 Å². The number of methoxy groups -OCH3 is 1. The molecule has 0 heterocycles. The van der Waals surface area contributed by atoms with Crippen LogP contribution in [0.2, 0.25) is 5.02 Å². The van der Waals surface area contributed by atoms with Gasteiger partial charge < -0.3 is 10.1 Å². The second kappa shape index (κ2) is 12.1. The Balaban J connectivity index is 1.65. The number of carbonyl (C=O) groups is 1. The summed E-state index contributed by atoms with van der Waals surface area (Å²) in [6, 6.07) is 20.9. The average molecular weight is 519 g/mol. The number of nitrogens with one attached hydrogen (secondary N) is 1. The number of thioether (sulfide) groups is 1. The molecule has 3 aromatic carbocycles. The molecule has 0 saturated carbocycles. The van der Waals surface area contributed by atoms with Crippen molar-refractivity contribution in [3.8, 4) is 5.75 Å². The number of carbonyl (C=O) groups excluding carboxylic acids is 1. The van der Waals surface area contributed by atoms with Crippen LogP contribution in [0.3, 0.4) is 0 Å². The first-order chi connectivity index (χ1) is 16.3. The molecule has 180 valence electrons. The van der Waals surface area contributed by atoms with E-state index in [1.807, 2.05) is 24.3 Å². The fraction of sp³-hybridized carbons (Fsp3) is 0.240. The molecule has 0 spiro atoms. The van der Waals surface area contributed by atoms with Gasteiger partial charge in [-0.2, -0.15) is 0 Å². The van der Waals surface area contributed by atoms with Crippen LogP contribution in [0.5, 0.6) is 5.75 Å². The highest BCUT2D eigenvalue weighted by Crippen LogP contribution is 2.27. The summed E-state index contributed by atoms with van der Waals surface area (Å²) in [6.07, 6.45) is 0.745. The van der Waals surface area contributed by atoms with E-state index in [0.717, 1.165) is 21.4 Å². The second-order valence-electron chi connectivity index (χ2n) is 7.48. The molecule has 34 heavy (non-hydrogen) atoms. The lowest BCUT2D eigenvalue weighted by Gasteiger charge is -2.24. The number of benzene rings is 3. The molecule has 3 rings (SSSR count). The van der Waals surface area contributed by atoms with E-state index in [2.05, 4.69) is 5.32 Å². The number of hydrogen-bond donors (Lipinski definition) is 1. The number of nitrogens with zero attached hydrogens (tertiary/aromatic N) is 1. The van der Waals surface area contributed by atoms with Crippen molar-refractivity contribution < 1.29 is 17.9 Å². The standard InChI is InChI=1S/C25H27ClN2O4S2/c1-19-17-23(13-14-24(19)32-2)34(30,31)28(21-7-4-3-5-8-21)18-25(29)27-15-6-16-33-22-11-9-20(26)10-12-22/h3-5,7-14,17H,6,15-16,18H2,1-2H3,(H,27,29).